The van der Waals surface area contributed by atoms with Crippen LogP contribution >= 0.6 is 0 Å². The molecule has 0 unspecified atom stereocenters. The lowest BCUT2D eigenvalue weighted by Crippen LogP contribution is -2.60. The number of hydrogen-bond donors (Lipinski definition) is 3. The van der Waals surface area contributed by atoms with Crippen LogP contribution in [0.1, 0.15) is 132 Å². The molecule has 4 N–H and O–H groups in total. The van der Waals surface area contributed by atoms with Crippen LogP contribution in [0, 0.1) is 23.7 Å². The molecule has 5 amide bonds. The van der Waals surface area contributed by atoms with Gasteiger partial charge in [-0.15, -0.1) is 0 Å². The fraction of sp³-hybridized carbons (Fsp3) is 0.714. The van der Waals surface area contributed by atoms with Gasteiger partial charge in [-0.25, -0.2) is 4.79 Å². The Morgan fingerprint density at radius 1 is 0.672 bits per heavy atom. The number of aromatic nitrogens is 1. The standard InChI is InChI=1S/C49H83N7O8/c1-15-17-21-33(7)27-38(50)46(59)54(11)42(26-32(5)6)44(57)51-39(25-31(3)4)48(61)55(12)43(29-36-30-56(64-14)41-24-20-19-23-37(36)41)45(58)52-40(28-34(8)22-18-16-2)47(60)53(10)35(9)49(62)63-13/h19-20,23-24,30-35,38-40,42-43H,15-18,21-22,25-29,50H2,1-14H3,(H,51,57)(H,52,58)/t33-,34-,35+,38+,39+,40+,42+,43+/m1/s1. The average molecular weight is 898 g/mol. The van der Waals surface area contributed by atoms with Crippen molar-refractivity contribution in [2.45, 2.75) is 169 Å². The third-order valence-electron chi connectivity index (χ3n) is 12.4. The maximum Gasteiger partial charge on any atom is 0.328 e. The second kappa shape index (κ2) is 27.0. The zero-order chi connectivity index (χ0) is 48.4. The quantitative estimate of drug-likeness (QED) is 0.0897. The van der Waals surface area contributed by atoms with E-state index in [-0.39, 0.29) is 42.4 Å². The van der Waals surface area contributed by atoms with E-state index in [0.29, 0.717) is 19.3 Å². The first-order chi connectivity index (χ1) is 30.1. The number of likely N-dealkylation sites (N-methyl/N-ethyl adjacent to an activating group) is 3. The highest BCUT2D eigenvalue weighted by Gasteiger charge is 2.39. The SMILES string of the molecule is CCCC[C@@H](C)C[C@H](NC(=O)[C@H](Cc1cn(OC)c2ccccc12)N(C)C(=O)[C@H](CC(C)C)NC(=O)[C@H](CC(C)C)N(C)C(=O)[C@@H](N)C[C@H](C)CCCC)C(=O)N(C)[C@@H](C)C(=O)OC. The number of fused-ring (bicyclic) bond motifs is 1. The summed E-state index contributed by atoms with van der Waals surface area (Å²) in [6.45, 7) is 17.7. The van der Waals surface area contributed by atoms with E-state index < -0.39 is 65.8 Å². The predicted octanol–water partition coefficient (Wildman–Crippen LogP) is 5.74. The first-order valence-electron chi connectivity index (χ1n) is 23.5. The van der Waals surface area contributed by atoms with E-state index in [9.17, 15) is 28.8 Å². The summed E-state index contributed by atoms with van der Waals surface area (Å²) in [4.78, 5) is 94.4. The number of rotatable bonds is 28. The van der Waals surface area contributed by atoms with Gasteiger partial charge < -0.3 is 40.6 Å². The lowest BCUT2D eigenvalue weighted by molar-refractivity contribution is -0.152. The van der Waals surface area contributed by atoms with Gasteiger partial charge in [-0.2, -0.15) is 4.73 Å². The minimum absolute atomic E-state index is 0.0323. The minimum Gasteiger partial charge on any atom is -0.467 e. The number of benzene rings is 1. The second-order valence-corrected chi connectivity index (χ2v) is 18.9. The molecule has 0 aliphatic heterocycles. The highest BCUT2D eigenvalue weighted by Crippen LogP contribution is 2.25. The molecule has 15 heteroatoms. The van der Waals surface area contributed by atoms with Crippen LogP contribution in [0.15, 0.2) is 30.5 Å². The van der Waals surface area contributed by atoms with Gasteiger partial charge in [-0.1, -0.05) is 112 Å². The first-order valence-corrected chi connectivity index (χ1v) is 23.5. The van der Waals surface area contributed by atoms with Crippen LogP contribution in [0.2, 0.25) is 0 Å². The molecule has 0 aliphatic carbocycles. The van der Waals surface area contributed by atoms with Crippen molar-refractivity contribution in [3.8, 4) is 0 Å². The van der Waals surface area contributed by atoms with Gasteiger partial charge in [-0.3, -0.25) is 24.0 Å². The van der Waals surface area contributed by atoms with Crippen LogP contribution in [0.3, 0.4) is 0 Å². The number of ether oxygens (including phenoxy) is 1. The Labute approximate surface area is 383 Å². The molecular formula is C49H83N7O8. The molecule has 1 heterocycles. The van der Waals surface area contributed by atoms with Gasteiger partial charge >= 0.3 is 5.97 Å². The Bertz CT molecular complexity index is 1810. The molecule has 0 bridgehead atoms. The van der Waals surface area contributed by atoms with E-state index in [4.69, 9.17) is 15.3 Å². The van der Waals surface area contributed by atoms with Crippen LogP contribution < -0.4 is 21.2 Å². The summed E-state index contributed by atoms with van der Waals surface area (Å²) in [5.41, 5.74) is 7.94. The van der Waals surface area contributed by atoms with Crippen molar-refractivity contribution in [3.05, 3.63) is 36.0 Å². The Morgan fingerprint density at radius 3 is 1.70 bits per heavy atom. The molecule has 0 radical (unpaired) electrons. The van der Waals surface area contributed by atoms with Crippen LogP contribution in [-0.4, -0.2) is 127 Å². The van der Waals surface area contributed by atoms with Gasteiger partial charge in [0.2, 0.25) is 29.5 Å². The van der Waals surface area contributed by atoms with E-state index in [0.717, 1.165) is 55.0 Å². The highest BCUT2D eigenvalue weighted by atomic mass is 16.6. The van der Waals surface area contributed by atoms with Crippen molar-refractivity contribution in [1.29, 1.82) is 0 Å². The van der Waals surface area contributed by atoms with Crippen LogP contribution in [0.4, 0.5) is 0 Å². The monoisotopic (exact) mass is 898 g/mol. The van der Waals surface area contributed by atoms with E-state index in [1.165, 1.54) is 43.0 Å². The average Bonchev–Trinajstić information content (AvgIpc) is 3.62. The molecule has 2 aromatic rings. The third-order valence-corrected chi connectivity index (χ3v) is 12.4. The molecule has 1 aromatic heterocycles. The topological polar surface area (TPSA) is 186 Å². The summed E-state index contributed by atoms with van der Waals surface area (Å²) in [6.07, 6.45) is 8.96. The Balaban J connectivity index is 2.64. The number of esters is 1. The number of unbranched alkanes of at least 4 members (excludes halogenated alkanes) is 2. The van der Waals surface area contributed by atoms with Crippen LogP contribution in [0.5, 0.6) is 0 Å². The van der Waals surface area contributed by atoms with Crippen LogP contribution in [0.25, 0.3) is 10.9 Å². The van der Waals surface area contributed by atoms with Gasteiger partial charge in [-0.05, 0) is 67.9 Å². The number of amides is 5. The smallest absolute Gasteiger partial charge is 0.328 e. The van der Waals surface area contributed by atoms with Crippen molar-refractivity contribution in [1.82, 2.24) is 30.1 Å². The summed E-state index contributed by atoms with van der Waals surface area (Å²) in [7, 11) is 7.43. The molecule has 0 saturated heterocycles. The fourth-order valence-electron chi connectivity index (χ4n) is 8.34. The summed E-state index contributed by atoms with van der Waals surface area (Å²) in [5.74, 6) is -2.69. The largest absolute Gasteiger partial charge is 0.467 e. The van der Waals surface area contributed by atoms with Crippen LogP contribution in [-0.2, 0) is 39.9 Å². The fourth-order valence-corrected chi connectivity index (χ4v) is 8.34. The molecule has 15 nitrogen and oxygen atoms in total. The number of methoxy groups -OCH3 is 1. The summed E-state index contributed by atoms with van der Waals surface area (Å²) < 4.78 is 6.52. The van der Waals surface area contributed by atoms with Gasteiger partial charge in [0.15, 0.2) is 0 Å². The first kappa shape index (κ1) is 55.5. The minimum atomic E-state index is -1.16. The maximum atomic E-state index is 14.9. The lowest BCUT2D eigenvalue weighted by atomic mass is 9.94. The van der Waals surface area contributed by atoms with E-state index in [1.54, 1.807) is 24.9 Å². The molecule has 362 valence electrons. The predicted molar refractivity (Wildman–Crippen MR) is 253 cm³/mol. The van der Waals surface area contributed by atoms with E-state index >= 15 is 0 Å². The van der Waals surface area contributed by atoms with Gasteiger partial charge in [0, 0.05) is 39.1 Å². The van der Waals surface area contributed by atoms with Gasteiger partial charge in [0.1, 0.15) is 37.3 Å². The Hall–Kier alpha value is -4.66. The van der Waals surface area contributed by atoms with Gasteiger partial charge in [0.05, 0.1) is 18.7 Å². The molecular weight excluding hydrogens is 815 g/mol. The van der Waals surface area contributed by atoms with Crippen molar-refractivity contribution in [2.24, 2.45) is 29.4 Å². The molecule has 0 aliphatic rings. The number of para-hydroxylation sites is 1. The second-order valence-electron chi connectivity index (χ2n) is 18.9. The summed E-state index contributed by atoms with van der Waals surface area (Å²) in [6, 6.07) is 1.70. The number of carbonyl (C=O) groups is 6. The van der Waals surface area contributed by atoms with Gasteiger partial charge in [0.25, 0.3) is 0 Å². The zero-order valence-electron chi connectivity index (χ0n) is 41.6. The Kier molecular flexibility index (Phi) is 23.4. The third kappa shape index (κ3) is 16.1. The van der Waals surface area contributed by atoms with Crippen molar-refractivity contribution in [2.75, 3.05) is 35.4 Å². The molecule has 2 rings (SSSR count). The zero-order valence-corrected chi connectivity index (χ0v) is 41.6. The lowest BCUT2D eigenvalue weighted by Gasteiger charge is -2.35. The van der Waals surface area contributed by atoms with Crippen molar-refractivity contribution < 1.29 is 38.3 Å². The maximum absolute atomic E-state index is 14.9. The van der Waals surface area contributed by atoms with Crippen molar-refractivity contribution >= 4 is 46.4 Å². The summed E-state index contributed by atoms with van der Waals surface area (Å²) >= 11 is 0. The number of nitrogens with one attached hydrogen (secondary N) is 2. The molecule has 64 heavy (non-hydrogen) atoms. The molecule has 0 spiro atoms. The normalized spacial score (nSPS) is 15.3. The molecule has 0 fully saturated rings. The molecule has 0 saturated carbocycles. The Morgan fingerprint density at radius 2 is 1.17 bits per heavy atom. The molecule has 1 aromatic carbocycles. The van der Waals surface area contributed by atoms with E-state index in [2.05, 4.69) is 31.4 Å². The van der Waals surface area contributed by atoms with E-state index in [1.807, 2.05) is 58.9 Å². The number of nitrogens with zero attached hydrogens (tertiary/aromatic N) is 4. The summed E-state index contributed by atoms with van der Waals surface area (Å²) in [5, 5.41) is 6.82. The highest BCUT2D eigenvalue weighted by molar-refractivity contribution is 5.97. The number of carbonyl (C=O) groups excluding carboxylic acids is 6. The van der Waals surface area contributed by atoms with Crippen molar-refractivity contribution in [3.63, 3.8) is 0 Å². The number of nitrogens with two attached hydrogens (primary N) is 1. The number of hydrogen-bond acceptors (Lipinski definition) is 9. The molecule has 8 atom stereocenters.